The first-order valence-corrected chi connectivity index (χ1v) is 12.3. The monoisotopic (exact) mass is 519 g/mol. The molecule has 0 aliphatic carbocycles. The maximum Gasteiger partial charge on any atom is 0.436 e. The van der Waals surface area contributed by atoms with Crippen molar-refractivity contribution in [3.63, 3.8) is 0 Å². The number of nitrogens with one attached hydrogen (secondary N) is 1. The fourth-order valence-electron chi connectivity index (χ4n) is 3.95. The number of thiazole rings is 1. The summed E-state index contributed by atoms with van der Waals surface area (Å²) in [6.45, 7) is 8.99. The molecule has 0 atom stereocenters. The number of benzene rings is 1. The number of carbonyl (C=O) groups is 1. The van der Waals surface area contributed by atoms with Crippen LogP contribution < -0.4 is 15.0 Å². The van der Waals surface area contributed by atoms with Crippen LogP contribution in [0, 0.1) is 0 Å². The number of pyridine rings is 1. The Kier molecular flexibility index (Phi) is 7.12. The van der Waals surface area contributed by atoms with Gasteiger partial charge in [-0.3, -0.25) is 4.79 Å². The number of nitrogens with zero attached hydrogens (tertiary/aromatic N) is 4. The summed E-state index contributed by atoms with van der Waals surface area (Å²) in [7, 11) is 0. The van der Waals surface area contributed by atoms with Crippen LogP contribution in [0.4, 0.5) is 29.0 Å². The maximum absolute atomic E-state index is 13.9. The first-order chi connectivity index (χ1) is 16.9. The summed E-state index contributed by atoms with van der Waals surface area (Å²) in [5, 5.41) is 3.08. The van der Waals surface area contributed by atoms with Crippen LogP contribution >= 0.6 is 11.3 Å². The van der Waals surface area contributed by atoms with Gasteiger partial charge >= 0.3 is 6.18 Å². The smallest absolute Gasteiger partial charge is 0.436 e. The van der Waals surface area contributed by atoms with Gasteiger partial charge in [-0.2, -0.15) is 13.2 Å². The molecule has 1 aliphatic heterocycles. The number of piperazine rings is 1. The molecule has 0 saturated carbocycles. The zero-order valence-electron chi connectivity index (χ0n) is 20.5. The lowest BCUT2D eigenvalue weighted by Gasteiger charge is -2.35. The standard InChI is InChI=1S/C25H28F3N5O2S/c1-16(34)32-12-14-33(15-13-32)22-20(25(26,27)28)31-23(36-22)30-18-9-7-11-29-21(18)35-19-10-6-5-8-17(19)24(2,3)4/h5-11H,12-15H2,1-4H3,(H,30,31). The van der Waals surface area contributed by atoms with Crippen LogP contribution in [-0.4, -0.2) is 47.0 Å². The number of para-hydroxylation sites is 1. The maximum atomic E-state index is 13.9. The van der Waals surface area contributed by atoms with Crippen molar-refractivity contribution >= 4 is 33.1 Å². The Bertz CT molecular complexity index is 1230. The third kappa shape index (κ3) is 5.72. The number of aromatic nitrogens is 2. The Balaban J connectivity index is 1.62. The fraction of sp³-hybridized carbons (Fsp3) is 0.400. The lowest BCUT2D eigenvalue weighted by atomic mass is 9.86. The molecule has 0 unspecified atom stereocenters. The van der Waals surface area contributed by atoms with Crippen LogP contribution in [0.2, 0.25) is 0 Å². The molecular weight excluding hydrogens is 491 g/mol. The van der Waals surface area contributed by atoms with Gasteiger partial charge in [0.15, 0.2) is 10.8 Å². The van der Waals surface area contributed by atoms with Gasteiger partial charge in [-0.25, -0.2) is 9.97 Å². The Morgan fingerprint density at radius 1 is 1.06 bits per heavy atom. The lowest BCUT2D eigenvalue weighted by Crippen LogP contribution is -2.48. The number of amides is 1. The zero-order chi connectivity index (χ0) is 26.1. The second-order valence-electron chi connectivity index (χ2n) is 9.49. The molecule has 1 N–H and O–H groups in total. The van der Waals surface area contributed by atoms with Crippen molar-refractivity contribution in [3.8, 4) is 11.6 Å². The molecule has 192 valence electrons. The molecule has 1 aromatic carbocycles. The summed E-state index contributed by atoms with van der Waals surface area (Å²) in [4.78, 5) is 23.1. The molecule has 0 radical (unpaired) electrons. The molecule has 3 heterocycles. The summed E-state index contributed by atoms with van der Waals surface area (Å²) in [5.41, 5.74) is 0.242. The molecule has 1 amide bonds. The molecule has 7 nitrogen and oxygen atoms in total. The minimum Gasteiger partial charge on any atom is -0.437 e. The highest BCUT2D eigenvalue weighted by molar-refractivity contribution is 7.19. The number of halogens is 3. The minimum absolute atomic E-state index is 0.0256. The van der Waals surface area contributed by atoms with Crippen molar-refractivity contribution in [1.82, 2.24) is 14.9 Å². The summed E-state index contributed by atoms with van der Waals surface area (Å²) >= 11 is 0.917. The van der Waals surface area contributed by atoms with Gasteiger partial charge in [-0.1, -0.05) is 50.3 Å². The number of hydrogen-bond donors (Lipinski definition) is 1. The highest BCUT2D eigenvalue weighted by Gasteiger charge is 2.40. The van der Waals surface area contributed by atoms with E-state index in [1.807, 2.05) is 24.3 Å². The van der Waals surface area contributed by atoms with Gasteiger partial charge in [0.2, 0.25) is 11.8 Å². The predicted octanol–water partition coefficient (Wildman–Crippen LogP) is 6.06. The number of ether oxygens (including phenoxy) is 1. The molecule has 0 bridgehead atoms. The quantitative estimate of drug-likeness (QED) is 0.442. The molecule has 36 heavy (non-hydrogen) atoms. The van der Waals surface area contributed by atoms with Gasteiger partial charge < -0.3 is 19.9 Å². The molecule has 3 aromatic rings. The molecular formula is C25H28F3N5O2S. The van der Waals surface area contributed by atoms with E-state index in [1.54, 1.807) is 28.1 Å². The number of alkyl halides is 3. The van der Waals surface area contributed by atoms with Crippen LogP contribution in [0.15, 0.2) is 42.6 Å². The van der Waals surface area contributed by atoms with Gasteiger partial charge in [-0.05, 0) is 23.6 Å². The average molecular weight is 520 g/mol. The average Bonchev–Trinajstić information content (AvgIpc) is 3.25. The summed E-state index contributed by atoms with van der Waals surface area (Å²) in [5.74, 6) is 0.759. The van der Waals surface area contributed by atoms with Gasteiger partial charge in [-0.15, -0.1) is 0 Å². The van der Waals surface area contributed by atoms with E-state index in [2.05, 4.69) is 36.1 Å². The molecule has 1 aliphatic rings. The number of hydrogen-bond acceptors (Lipinski definition) is 7. The van der Waals surface area contributed by atoms with Gasteiger partial charge in [0.05, 0.1) is 0 Å². The van der Waals surface area contributed by atoms with Crippen molar-refractivity contribution in [2.45, 2.75) is 39.3 Å². The van der Waals surface area contributed by atoms with E-state index in [1.165, 1.54) is 6.92 Å². The summed E-state index contributed by atoms with van der Waals surface area (Å²) < 4.78 is 47.7. The van der Waals surface area contributed by atoms with E-state index in [0.29, 0.717) is 37.6 Å². The first-order valence-electron chi connectivity index (χ1n) is 11.5. The third-order valence-electron chi connectivity index (χ3n) is 5.80. The molecule has 4 rings (SSSR count). The van der Waals surface area contributed by atoms with E-state index in [-0.39, 0.29) is 27.3 Å². The van der Waals surface area contributed by atoms with E-state index >= 15 is 0 Å². The number of carbonyl (C=O) groups excluding carboxylic acids is 1. The molecule has 1 fully saturated rings. The highest BCUT2D eigenvalue weighted by Crippen LogP contribution is 2.44. The van der Waals surface area contributed by atoms with Crippen LogP contribution in [0.5, 0.6) is 11.6 Å². The van der Waals surface area contributed by atoms with Gasteiger partial charge in [0.25, 0.3) is 0 Å². The third-order valence-corrected chi connectivity index (χ3v) is 6.84. The minimum atomic E-state index is -4.62. The SMILES string of the molecule is CC(=O)N1CCN(c2sc(Nc3cccnc3Oc3ccccc3C(C)(C)C)nc2C(F)(F)F)CC1. The second-order valence-corrected chi connectivity index (χ2v) is 10.5. The van der Waals surface area contributed by atoms with Crippen molar-refractivity contribution < 1.29 is 22.7 Å². The largest absolute Gasteiger partial charge is 0.437 e. The first kappa shape index (κ1) is 25.7. The second kappa shape index (κ2) is 9.96. The normalized spacial score (nSPS) is 14.6. The van der Waals surface area contributed by atoms with Crippen LogP contribution in [0.1, 0.15) is 39.0 Å². The number of anilines is 3. The van der Waals surface area contributed by atoms with Crippen LogP contribution in [0.25, 0.3) is 0 Å². The van der Waals surface area contributed by atoms with E-state index in [9.17, 15) is 18.0 Å². The van der Waals surface area contributed by atoms with Crippen LogP contribution in [0.3, 0.4) is 0 Å². The molecule has 11 heteroatoms. The Labute approximate surface area is 211 Å². The number of rotatable bonds is 5. The van der Waals surface area contributed by atoms with E-state index in [4.69, 9.17) is 4.74 Å². The summed E-state index contributed by atoms with van der Waals surface area (Å²) in [6.07, 6.45) is -3.06. The Hall–Kier alpha value is -3.34. The Morgan fingerprint density at radius 2 is 1.75 bits per heavy atom. The van der Waals surface area contributed by atoms with Crippen molar-refractivity contribution in [2.24, 2.45) is 0 Å². The lowest BCUT2D eigenvalue weighted by molar-refractivity contribution is -0.140. The van der Waals surface area contributed by atoms with Crippen molar-refractivity contribution in [3.05, 3.63) is 53.9 Å². The zero-order valence-corrected chi connectivity index (χ0v) is 21.3. The fourth-order valence-corrected chi connectivity index (χ4v) is 5.00. The summed E-state index contributed by atoms with van der Waals surface area (Å²) in [6, 6.07) is 10.9. The Morgan fingerprint density at radius 3 is 2.39 bits per heavy atom. The predicted molar refractivity (Wildman–Crippen MR) is 134 cm³/mol. The molecule has 2 aromatic heterocycles. The van der Waals surface area contributed by atoms with E-state index in [0.717, 1.165) is 16.9 Å². The van der Waals surface area contributed by atoms with Crippen molar-refractivity contribution in [1.29, 1.82) is 0 Å². The van der Waals surface area contributed by atoms with Crippen LogP contribution in [-0.2, 0) is 16.4 Å². The van der Waals surface area contributed by atoms with Gasteiger partial charge in [0, 0.05) is 44.9 Å². The van der Waals surface area contributed by atoms with Gasteiger partial charge in [0.1, 0.15) is 16.4 Å². The molecule has 0 spiro atoms. The highest BCUT2D eigenvalue weighted by atomic mass is 32.1. The molecule has 1 saturated heterocycles. The van der Waals surface area contributed by atoms with E-state index < -0.39 is 11.9 Å². The topological polar surface area (TPSA) is 70.6 Å². The van der Waals surface area contributed by atoms with Crippen molar-refractivity contribution in [2.75, 3.05) is 36.4 Å².